The Labute approximate surface area is 186 Å². The van der Waals surface area contributed by atoms with Crippen LogP contribution in [0.1, 0.15) is 16.9 Å². The second-order valence-electron chi connectivity index (χ2n) is 6.88. The van der Waals surface area contributed by atoms with Crippen LogP contribution >= 0.6 is 24.0 Å². The Morgan fingerprint density at radius 2 is 1.87 bits per heavy atom. The molecule has 2 heterocycles. The normalized spacial score (nSPS) is 15.2. The number of aryl methyl sites for hydroxylation is 2. The fraction of sp³-hybridized carbons (Fsp3) is 0.0909. The van der Waals surface area contributed by atoms with Crippen molar-refractivity contribution < 1.29 is 18.5 Å². The Kier molecular flexibility index (Phi) is 5.47. The second kappa shape index (κ2) is 8.09. The zero-order chi connectivity index (χ0) is 22.3. The number of halogens is 1. The second-order valence-corrected chi connectivity index (χ2v) is 8.56. The van der Waals surface area contributed by atoms with Crippen LogP contribution in [0, 0.1) is 29.8 Å². The van der Waals surface area contributed by atoms with Gasteiger partial charge in [0.1, 0.15) is 17.3 Å². The van der Waals surface area contributed by atoms with E-state index < -0.39 is 16.6 Å². The summed E-state index contributed by atoms with van der Waals surface area (Å²) in [6, 6.07) is 12.3. The Bertz CT molecular complexity index is 1280. The molecular weight excluding hydrogens is 439 g/mol. The van der Waals surface area contributed by atoms with Gasteiger partial charge >= 0.3 is 0 Å². The number of hydrogen-bond donors (Lipinski definition) is 0. The largest absolute Gasteiger partial charge is 0.456 e. The van der Waals surface area contributed by atoms with Crippen molar-refractivity contribution in [3.8, 4) is 11.3 Å². The number of rotatable bonds is 4. The number of thiocarbonyl (C=S) groups is 1. The summed E-state index contributed by atoms with van der Waals surface area (Å²) < 4.78 is 20.1. The van der Waals surface area contributed by atoms with Crippen molar-refractivity contribution in [2.24, 2.45) is 0 Å². The zero-order valence-electron chi connectivity index (χ0n) is 16.4. The molecule has 1 fully saturated rings. The van der Waals surface area contributed by atoms with Gasteiger partial charge in [-0.25, -0.2) is 4.39 Å². The topological polar surface area (TPSA) is 76.6 Å². The van der Waals surface area contributed by atoms with E-state index in [9.17, 15) is 19.3 Å². The lowest BCUT2D eigenvalue weighted by atomic mass is 10.0. The van der Waals surface area contributed by atoms with E-state index in [0.717, 1.165) is 27.8 Å². The maximum Gasteiger partial charge on any atom is 0.280 e. The lowest BCUT2D eigenvalue weighted by molar-refractivity contribution is -0.384. The molecule has 0 aliphatic carbocycles. The van der Waals surface area contributed by atoms with E-state index in [2.05, 4.69) is 0 Å². The van der Waals surface area contributed by atoms with Crippen LogP contribution < -0.4 is 4.90 Å². The first-order valence-corrected chi connectivity index (χ1v) is 10.4. The van der Waals surface area contributed by atoms with E-state index in [1.807, 2.05) is 6.92 Å². The van der Waals surface area contributed by atoms with Crippen molar-refractivity contribution in [2.45, 2.75) is 13.8 Å². The standard InChI is InChI=1S/C22H15FN2O4S2/c1-12-9-15(18(25(27)28)10-13(12)2)19-8-7-14(29-19)11-20-21(26)24(22(30)31-20)17-6-4-3-5-16(17)23/h3-11H,1-2H3/b20-11+. The highest BCUT2D eigenvalue weighted by Gasteiger charge is 2.35. The number of anilines is 1. The van der Waals surface area contributed by atoms with Gasteiger partial charge in [-0.15, -0.1) is 0 Å². The van der Waals surface area contributed by atoms with Crippen molar-refractivity contribution in [3.05, 3.63) is 86.3 Å². The molecule has 0 bridgehead atoms. The fourth-order valence-corrected chi connectivity index (χ4v) is 4.43. The quantitative estimate of drug-likeness (QED) is 0.208. The monoisotopic (exact) mass is 454 g/mol. The van der Waals surface area contributed by atoms with Crippen LogP contribution in [-0.2, 0) is 4.79 Å². The molecule has 0 spiro atoms. The summed E-state index contributed by atoms with van der Waals surface area (Å²) in [5.41, 5.74) is 2.07. The van der Waals surface area contributed by atoms with Crippen molar-refractivity contribution in [1.82, 2.24) is 0 Å². The Balaban J connectivity index is 1.68. The first-order valence-electron chi connectivity index (χ1n) is 9.14. The van der Waals surface area contributed by atoms with E-state index in [4.69, 9.17) is 16.6 Å². The van der Waals surface area contributed by atoms with Crippen LogP contribution in [-0.4, -0.2) is 15.2 Å². The molecule has 156 valence electrons. The molecule has 6 nitrogen and oxygen atoms in total. The maximum absolute atomic E-state index is 14.1. The van der Waals surface area contributed by atoms with Gasteiger partial charge in [0.25, 0.3) is 11.6 Å². The third kappa shape index (κ3) is 3.89. The van der Waals surface area contributed by atoms with Gasteiger partial charge in [0.2, 0.25) is 0 Å². The van der Waals surface area contributed by atoms with Crippen LogP contribution in [0.2, 0.25) is 0 Å². The number of furan rings is 1. The van der Waals surface area contributed by atoms with Gasteiger partial charge in [-0.1, -0.05) is 36.1 Å². The highest BCUT2D eigenvalue weighted by molar-refractivity contribution is 8.27. The lowest BCUT2D eigenvalue weighted by Crippen LogP contribution is -2.28. The molecule has 3 aromatic rings. The molecule has 0 saturated carbocycles. The smallest absolute Gasteiger partial charge is 0.280 e. The van der Waals surface area contributed by atoms with Crippen molar-refractivity contribution in [3.63, 3.8) is 0 Å². The molecule has 4 rings (SSSR count). The van der Waals surface area contributed by atoms with Crippen LogP contribution in [0.5, 0.6) is 0 Å². The molecule has 1 aromatic heterocycles. The molecule has 2 aromatic carbocycles. The van der Waals surface area contributed by atoms with Crippen LogP contribution in [0.15, 0.2) is 57.9 Å². The van der Waals surface area contributed by atoms with Crippen molar-refractivity contribution >= 4 is 51.7 Å². The molecule has 9 heteroatoms. The SMILES string of the molecule is Cc1cc(-c2ccc(/C=C3/SC(=S)N(c4ccccc4F)C3=O)o2)c([N+](=O)[O-])cc1C. The van der Waals surface area contributed by atoms with E-state index in [0.29, 0.717) is 17.1 Å². The first kappa shape index (κ1) is 21.0. The molecule has 1 aliphatic rings. The van der Waals surface area contributed by atoms with Crippen LogP contribution in [0.25, 0.3) is 17.4 Å². The average molecular weight is 455 g/mol. The highest BCUT2D eigenvalue weighted by atomic mass is 32.2. The molecule has 0 atom stereocenters. The third-order valence-corrected chi connectivity index (χ3v) is 6.16. The van der Waals surface area contributed by atoms with E-state index >= 15 is 0 Å². The Hall–Kier alpha value is -3.30. The Morgan fingerprint density at radius 3 is 2.58 bits per heavy atom. The average Bonchev–Trinajstić information content (AvgIpc) is 3.29. The number of thioether (sulfide) groups is 1. The number of nitro benzene ring substituents is 1. The predicted octanol–water partition coefficient (Wildman–Crippen LogP) is 6.02. The van der Waals surface area contributed by atoms with Crippen LogP contribution in [0.4, 0.5) is 15.8 Å². The minimum Gasteiger partial charge on any atom is -0.456 e. The van der Waals surface area contributed by atoms with Gasteiger partial charge in [-0.3, -0.25) is 19.8 Å². The Morgan fingerprint density at radius 1 is 1.16 bits per heavy atom. The van der Waals surface area contributed by atoms with Crippen molar-refractivity contribution in [1.29, 1.82) is 0 Å². The van der Waals surface area contributed by atoms with E-state index in [-0.39, 0.29) is 20.6 Å². The van der Waals surface area contributed by atoms with Gasteiger partial charge in [0.15, 0.2) is 4.32 Å². The number of para-hydroxylation sites is 1. The molecule has 1 saturated heterocycles. The minimum absolute atomic E-state index is 0.0603. The highest BCUT2D eigenvalue weighted by Crippen LogP contribution is 2.38. The number of nitrogens with zero attached hydrogens (tertiary/aromatic N) is 2. The summed E-state index contributed by atoms with van der Waals surface area (Å²) >= 11 is 6.29. The lowest BCUT2D eigenvalue weighted by Gasteiger charge is -2.14. The van der Waals surface area contributed by atoms with Gasteiger partial charge in [0, 0.05) is 12.1 Å². The number of amides is 1. The van der Waals surface area contributed by atoms with Crippen LogP contribution in [0.3, 0.4) is 0 Å². The summed E-state index contributed by atoms with van der Waals surface area (Å²) in [5, 5.41) is 11.5. The zero-order valence-corrected chi connectivity index (χ0v) is 18.1. The molecule has 0 unspecified atom stereocenters. The summed E-state index contributed by atoms with van der Waals surface area (Å²) in [4.78, 5) is 25.3. The maximum atomic E-state index is 14.1. The van der Waals surface area contributed by atoms with Gasteiger partial charge < -0.3 is 4.42 Å². The third-order valence-electron chi connectivity index (χ3n) is 4.86. The molecule has 0 radical (unpaired) electrons. The number of benzene rings is 2. The molecule has 1 aliphatic heterocycles. The molecule has 31 heavy (non-hydrogen) atoms. The fourth-order valence-electron chi connectivity index (χ4n) is 3.16. The summed E-state index contributed by atoms with van der Waals surface area (Å²) in [6.07, 6.45) is 1.50. The number of carbonyl (C=O) groups is 1. The summed E-state index contributed by atoms with van der Waals surface area (Å²) in [7, 11) is 0. The molecule has 1 amide bonds. The minimum atomic E-state index is -0.553. The number of carbonyl (C=O) groups excluding carboxylic acids is 1. The van der Waals surface area contributed by atoms with E-state index in [1.54, 1.807) is 31.2 Å². The van der Waals surface area contributed by atoms with Gasteiger partial charge in [0.05, 0.1) is 21.1 Å². The summed E-state index contributed by atoms with van der Waals surface area (Å²) in [6.45, 7) is 3.66. The number of nitro groups is 1. The molecule has 0 N–H and O–H groups in total. The number of hydrogen-bond acceptors (Lipinski definition) is 6. The molecular formula is C22H15FN2O4S2. The first-order chi connectivity index (χ1) is 14.8. The van der Waals surface area contributed by atoms with Crippen molar-refractivity contribution in [2.75, 3.05) is 4.90 Å². The van der Waals surface area contributed by atoms with Gasteiger partial charge in [-0.2, -0.15) is 0 Å². The predicted molar refractivity (Wildman–Crippen MR) is 122 cm³/mol. The van der Waals surface area contributed by atoms with Gasteiger partial charge in [-0.05, 0) is 55.3 Å². The van der Waals surface area contributed by atoms with E-state index in [1.165, 1.54) is 30.3 Å². The summed E-state index contributed by atoms with van der Waals surface area (Å²) in [5.74, 6) is -0.375.